The Morgan fingerprint density at radius 2 is 2.16 bits per heavy atom. The fraction of sp³-hybridized carbons (Fsp3) is 0.273. The quantitative estimate of drug-likeness (QED) is 0.880. The van der Waals surface area contributed by atoms with Gasteiger partial charge in [-0.25, -0.2) is 13.1 Å². The summed E-state index contributed by atoms with van der Waals surface area (Å²) < 4.78 is 28.8. The minimum Gasteiger partial charge on any atom is -0.276 e. The van der Waals surface area contributed by atoms with Crippen LogP contribution in [0.3, 0.4) is 0 Å². The number of nitrogens with one attached hydrogen (secondary N) is 1. The molecule has 0 unspecified atom stereocenters. The van der Waals surface area contributed by atoms with Gasteiger partial charge in [-0.15, -0.1) is 0 Å². The van der Waals surface area contributed by atoms with Crippen molar-refractivity contribution in [3.8, 4) is 0 Å². The monoisotopic (exact) mass is 344 g/mol. The molecule has 0 saturated carbocycles. The van der Waals surface area contributed by atoms with Crippen LogP contribution in [0.5, 0.6) is 0 Å². The van der Waals surface area contributed by atoms with Crippen molar-refractivity contribution < 1.29 is 8.42 Å². The Bertz CT molecular complexity index is 669. The largest absolute Gasteiger partial charge is 0.276 e. The number of pyridine rings is 1. The lowest BCUT2D eigenvalue weighted by Crippen LogP contribution is -2.26. The molecule has 0 aliphatic heterocycles. The molecule has 0 atom stereocenters. The van der Waals surface area contributed by atoms with E-state index >= 15 is 0 Å². The fourth-order valence-corrected chi connectivity index (χ4v) is 3.09. The molecule has 8 heteroatoms. The van der Waals surface area contributed by atoms with Crippen molar-refractivity contribution in [1.29, 1.82) is 0 Å². The van der Waals surface area contributed by atoms with Gasteiger partial charge >= 0.3 is 0 Å². The Balaban J connectivity index is 1.98. The molecular formula is C11H13BrN4O2S. The number of rotatable bonds is 5. The van der Waals surface area contributed by atoms with Crippen LogP contribution in [0.2, 0.25) is 0 Å². The maximum absolute atomic E-state index is 12.0. The zero-order chi connectivity index (χ0) is 13.9. The van der Waals surface area contributed by atoms with Crippen molar-refractivity contribution >= 4 is 26.0 Å². The van der Waals surface area contributed by atoms with Gasteiger partial charge in [0.25, 0.3) is 0 Å². The maximum Gasteiger partial charge on any atom is 0.242 e. The van der Waals surface area contributed by atoms with Gasteiger partial charge in [0.1, 0.15) is 4.90 Å². The number of hydrogen-bond donors (Lipinski definition) is 1. The van der Waals surface area contributed by atoms with Crippen molar-refractivity contribution in [1.82, 2.24) is 19.5 Å². The number of hydrogen-bond acceptors (Lipinski definition) is 4. The van der Waals surface area contributed by atoms with E-state index in [-0.39, 0.29) is 4.90 Å². The Morgan fingerprint density at radius 1 is 1.37 bits per heavy atom. The van der Waals surface area contributed by atoms with Crippen molar-refractivity contribution in [2.24, 2.45) is 7.05 Å². The second-order valence-corrected chi connectivity index (χ2v) is 6.69. The molecule has 2 aromatic heterocycles. The van der Waals surface area contributed by atoms with Crippen LogP contribution in [0, 0.1) is 0 Å². The number of aromatic nitrogens is 3. The van der Waals surface area contributed by atoms with E-state index in [1.54, 1.807) is 10.9 Å². The van der Waals surface area contributed by atoms with E-state index < -0.39 is 10.0 Å². The minimum atomic E-state index is -3.52. The predicted octanol–water partition coefficient (Wildman–Crippen LogP) is 1.10. The summed E-state index contributed by atoms with van der Waals surface area (Å²) in [7, 11) is -1.70. The molecule has 2 heterocycles. The van der Waals surface area contributed by atoms with Gasteiger partial charge in [0.15, 0.2) is 0 Å². The summed E-state index contributed by atoms with van der Waals surface area (Å²) in [6.07, 6.45) is 7.02. The molecule has 2 aromatic rings. The molecule has 0 amide bonds. The lowest BCUT2D eigenvalue weighted by molar-refractivity contribution is 0.581. The standard InChI is InChI=1S/C11H13BrN4O2S/c1-16-8-9(5-14-16)2-3-15-19(17,18)11-4-10(12)6-13-7-11/h4-8,15H,2-3H2,1H3. The first-order valence-corrected chi connectivity index (χ1v) is 7.83. The highest BCUT2D eigenvalue weighted by molar-refractivity contribution is 9.10. The van der Waals surface area contributed by atoms with Gasteiger partial charge in [-0.1, -0.05) is 0 Å². The first-order chi connectivity index (χ1) is 8.97. The highest BCUT2D eigenvalue weighted by Crippen LogP contribution is 2.13. The van der Waals surface area contributed by atoms with E-state index in [1.807, 2.05) is 13.2 Å². The summed E-state index contributed by atoms with van der Waals surface area (Å²) in [5, 5.41) is 4.02. The molecule has 0 saturated heterocycles. The molecule has 2 rings (SSSR count). The SMILES string of the molecule is Cn1cc(CCNS(=O)(=O)c2cncc(Br)c2)cn1. The number of aryl methyl sites for hydroxylation is 1. The average molecular weight is 345 g/mol. The zero-order valence-electron chi connectivity index (χ0n) is 10.2. The highest BCUT2D eigenvalue weighted by atomic mass is 79.9. The van der Waals surface area contributed by atoms with Gasteiger partial charge in [0.2, 0.25) is 10.0 Å². The third-order valence-corrected chi connectivity index (χ3v) is 4.32. The molecule has 0 fully saturated rings. The first-order valence-electron chi connectivity index (χ1n) is 5.55. The predicted molar refractivity (Wildman–Crippen MR) is 74.0 cm³/mol. The topological polar surface area (TPSA) is 76.9 Å². The van der Waals surface area contributed by atoms with Gasteiger partial charge in [-0.05, 0) is 34.0 Å². The lowest BCUT2D eigenvalue weighted by Gasteiger charge is -2.05. The molecule has 0 aliphatic carbocycles. The molecule has 6 nitrogen and oxygen atoms in total. The van der Waals surface area contributed by atoms with E-state index in [0.717, 1.165) is 5.56 Å². The summed E-state index contributed by atoms with van der Waals surface area (Å²) in [6.45, 7) is 0.320. The van der Waals surface area contributed by atoms with Crippen LogP contribution < -0.4 is 4.72 Å². The minimum absolute atomic E-state index is 0.146. The molecule has 0 aromatic carbocycles. The second kappa shape index (κ2) is 5.81. The highest BCUT2D eigenvalue weighted by Gasteiger charge is 2.14. The lowest BCUT2D eigenvalue weighted by atomic mass is 10.3. The van der Waals surface area contributed by atoms with Crippen molar-refractivity contribution in [2.45, 2.75) is 11.3 Å². The summed E-state index contributed by atoms with van der Waals surface area (Å²) in [6, 6.07) is 1.51. The van der Waals surface area contributed by atoms with E-state index in [0.29, 0.717) is 17.4 Å². The molecule has 0 radical (unpaired) electrons. The van der Waals surface area contributed by atoms with E-state index in [2.05, 4.69) is 30.7 Å². The van der Waals surface area contributed by atoms with Crippen molar-refractivity contribution in [3.05, 3.63) is 40.9 Å². The third-order valence-electron chi connectivity index (χ3n) is 2.45. The van der Waals surface area contributed by atoms with Crippen LogP contribution in [-0.2, 0) is 23.5 Å². The van der Waals surface area contributed by atoms with E-state index in [4.69, 9.17) is 0 Å². The van der Waals surface area contributed by atoms with Crippen LogP contribution in [0.25, 0.3) is 0 Å². The van der Waals surface area contributed by atoms with Crippen molar-refractivity contribution in [3.63, 3.8) is 0 Å². The second-order valence-electron chi connectivity index (χ2n) is 4.01. The van der Waals surface area contributed by atoms with Gasteiger partial charge in [-0.2, -0.15) is 5.10 Å². The smallest absolute Gasteiger partial charge is 0.242 e. The van der Waals surface area contributed by atoms with Gasteiger partial charge in [0.05, 0.1) is 6.20 Å². The summed E-state index contributed by atoms with van der Waals surface area (Å²) >= 11 is 3.20. The first kappa shape index (κ1) is 14.2. The molecule has 1 N–H and O–H groups in total. The number of sulfonamides is 1. The third kappa shape index (κ3) is 3.85. The van der Waals surface area contributed by atoms with Crippen molar-refractivity contribution in [2.75, 3.05) is 6.54 Å². The van der Waals surface area contributed by atoms with Gasteiger partial charge < -0.3 is 0 Å². The Kier molecular flexibility index (Phi) is 4.33. The van der Waals surface area contributed by atoms with Crippen LogP contribution in [0.15, 0.2) is 40.2 Å². The fourth-order valence-electron chi connectivity index (χ4n) is 1.55. The summed E-state index contributed by atoms with van der Waals surface area (Å²) in [5.41, 5.74) is 0.984. The van der Waals surface area contributed by atoms with E-state index in [1.165, 1.54) is 18.5 Å². The maximum atomic E-state index is 12.0. The Hall–Kier alpha value is -1.25. The summed E-state index contributed by atoms with van der Waals surface area (Å²) in [4.78, 5) is 3.99. The Morgan fingerprint density at radius 3 is 2.79 bits per heavy atom. The number of nitrogens with zero attached hydrogens (tertiary/aromatic N) is 3. The number of halogens is 1. The molecule has 19 heavy (non-hydrogen) atoms. The Labute approximate surface area is 120 Å². The van der Waals surface area contributed by atoms with Gasteiger partial charge in [-0.3, -0.25) is 9.67 Å². The molecule has 102 valence electrons. The zero-order valence-corrected chi connectivity index (χ0v) is 12.6. The van der Waals surface area contributed by atoms with Crippen LogP contribution >= 0.6 is 15.9 Å². The molecule has 0 aliphatic rings. The molecular weight excluding hydrogens is 332 g/mol. The van der Waals surface area contributed by atoms with Crippen LogP contribution in [-0.4, -0.2) is 29.7 Å². The molecule has 0 bridgehead atoms. The summed E-state index contributed by atoms with van der Waals surface area (Å²) in [5.74, 6) is 0. The van der Waals surface area contributed by atoms with Gasteiger partial charge in [0, 0.05) is 36.7 Å². The van der Waals surface area contributed by atoms with Crippen LogP contribution in [0.4, 0.5) is 0 Å². The van der Waals surface area contributed by atoms with Crippen LogP contribution in [0.1, 0.15) is 5.56 Å². The molecule has 0 spiro atoms. The van der Waals surface area contributed by atoms with E-state index in [9.17, 15) is 8.42 Å². The average Bonchev–Trinajstić information content (AvgIpc) is 2.75. The normalized spacial score (nSPS) is 11.7.